The van der Waals surface area contributed by atoms with Crippen molar-refractivity contribution in [3.63, 3.8) is 0 Å². The Hall–Kier alpha value is -0.790. The van der Waals surface area contributed by atoms with E-state index in [4.69, 9.17) is 5.73 Å². The maximum atomic E-state index is 12.5. The summed E-state index contributed by atoms with van der Waals surface area (Å²) in [5.74, 6) is -0.191. The van der Waals surface area contributed by atoms with E-state index in [2.05, 4.69) is 60.0 Å². The number of aromatic nitrogens is 1. The van der Waals surface area contributed by atoms with Crippen LogP contribution in [0.25, 0.3) is 0 Å². The molecule has 0 aliphatic carbocycles. The maximum Gasteiger partial charge on any atom is 0.272 e. The first-order valence-corrected chi connectivity index (χ1v) is 8.71. The molecule has 0 fully saturated rings. The van der Waals surface area contributed by atoms with Gasteiger partial charge in [-0.05, 0) is 56.5 Å². The highest BCUT2D eigenvalue weighted by Crippen LogP contribution is 2.34. The Morgan fingerprint density at radius 1 is 1.24 bits per heavy atom. The van der Waals surface area contributed by atoms with E-state index in [1.54, 1.807) is 12.3 Å². The number of carbonyl (C=O) groups excluding carboxylic acids is 1. The molecule has 0 unspecified atom stereocenters. The number of carbonyl (C=O) groups is 1. The standard InChI is InChI=1S/C14H14Br3N3O/c1-2-3-20-7-9(18)6-12(20)14(21)19-13-10(16)4-8(15)5-11(13)17/h4-7H,2-3,18H2,1H3,(H,19,21). The molecule has 21 heavy (non-hydrogen) atoms. The Morgan fingerprint density at radius 3 is 2.43 bits per heavy atom. The fraction of sp³-hybridized carbons (Fsp3) is 0.214. The zero-order valence-corrected chi connectivity index (χ0v) is 16.0. The molecule has 0 spiro atoms. The van der Waals surface area contributed by atoms with Gasteiger partial charge >= 0.3 is 0 Å². The number of benzene rings is 1. The minimum absolute atomic E-state index is 0.191. The van der Waals surface area contributed by atoms with Gasteiger partial charge in [-0.1, -0.05) is 22.9 Å². The lowest BCUT2D eigenvalue weighted by Crippen LogP contribution is -2.17. The molecule has 0 bridgehead atoms. The molecule has 0 radical (unpaired) electrons. The summed E-state index contributed by atoms with van der Waals surface area (Å²) < 4.78 is 4.36. The molecular weight excluding hydrogens is 466 g/mol. The summed E-state index contributed by atoms with van der Waals surface area (Å²) in [7, 11) is 0. The average Bonchev–Trinajstić information content (AvgIpc) is 2.75. The van der Waals surface area contributed by atoms with Crippen LogP contribution >= 0.6 is 47.8 Å². The van der Waals surface area contributed by atoms with Gasteiger partial charge in [0.05, 0.1) is 11.4 Å². The van der Waals surface area contributed by atoms with Gasteiger partial charge in [0.2, 0.25) is 0 Å². The highest BCUT2D eigenvalue weighted by Gasteiger charge is 2.16. The monoisotopic (exact) mass is 477 g/mol. The van der Waals surface area contributed by atoms with Crippen LogP contribution in [0.5, 0.6) is 0 Å². The number of aryl methyl sites for hydroxylation is 1. The molecule has 2 rings (SSSR count). The van der Waals surface area contributed by atoms with Crippen molar-refractivity contribution in [3.8, 4) is 0 Å². The molecule has 3 N–H and O–H groups in total. The van der Waals surface area contributed by atoms with Gasteiger partial charge in [-0.25, -0.2) is 0 Å². The quantitative estimate of drug-likeness (QED) is 0.646. The van der Waals surface area contributed by atoms with Crippen LogP contribution in [0.15, 0.2) is 37.8 Å². The van der Waals surface area contributed by atoms with Crippen LogP contribution in [0, 0.1) is 0 Å². The third kappa shape index (κ3) is 3.90. The van der Waals surface area contributed by atoms with Gasteiger partial charge < -0.3 is 15.6 Å². The van der Waals surface area contributed by atoms with E-state index in [1.165, 1.54) is 0 Å². The third-order valence-corrected chi connectivity index (χ3v) is 4.57. The molecule has 1 aromatic carbocycles. The van der Waals surface area contributed by atoms with E-state index in [0.717, 1.165) is 26.4 Å². The Morgan fingerprint density at radius 2 is 1.86 bits per heavy atom. The molecule has 1 aromatic heterocycles. The third-order valence-electron chi connectivity index (χ3n) is 2.86. The number of hydrogen-bond acceptors (Lipinski definition) is 2. The molecule has 0 saturated heterocycles. The second kappa shape index (κ2) is 6.98. The summed E-state index contributed by atoms with van der Waals surface area (Å²) in [6, 6.07) is 5.44. The predicted molar refractivity (Wildman–Crippen MR) is 96.6 cm³/mol. The zero-order chi connectivity index (χ0) is 15.6. The number of nitrogens with two attached hydrogens (primary N) is 1. The van der Waals surface area contributed by atoms with Crippen LogP contribution in [0.1, 0.15) is 23.8 Å². The molecule has 0 aliphatic rings. The molecule has 1 heterocycles. The molecule has 0 aliphatic heterocycles. The van der Waals surface area contributed by atoms with Crippen molar-refractivity contribution in [2.75, 3.05) is 11.1 Å². The van der Waals surface area contributed by atoms with Crippen molar-refractivity contribution < 1.29 is 4.79 Å². The van der Waals surface area contributed by atoms with Gasteiger partial charge in [0.25, 0.3) is 5.91 Å². The molecule has 4 nitrogen and oxygen atoms in total. The van der Waals surface area contributed by atoms with Crippen LogP contribution in [0.2, 0.25) is 0 Å². The molecule has 7 heteroatoms. The summed E-state index contributed by atoms with van der Waals surface area (Å²) in [4.78, 5) is 12.5. The van der Waals surface area contributed by atoms with Gasteiger partial charge in [-0.2, -0.15) is 0 Å². The molecule has 0 atom stereocenters. The summed E-state index contributed by atoms with van der Waals surface area (Å²) in [5.41, 5.74) is 7.62. The SMILES string of the molecule is CCCn1cc(N)cc1C(=O)Nc1c(Br)cc(Br)cc1Br. The first kappa shape index (κ1) is 16.6. The van der Waals surface area contributed by atoms with Crippen molar-refractivity contribution in [3.05, 3.63) is 43.5 Å². The highest BCUT2D eigenvalue weighted by atomic mass is 79.9. The molecule has 2 aromatic rings. The molecule has 112 valence electrons. The number of nitrogens with zero attached hydrogens (tertiary/aromatic N) is 1. The van der Waals surface area contributed by atoms with Crippen LogP contribution < -0.4 is 11.1 Å². The number of anilines is 2. The van der Waals surface area contributed by atoms with Crippen LogP contribution in [-0.4, -0.2) is 10.5 Å². The van der Waals surface area contributed by atoms with Gasteiger partial charge in [0.1, 0.15) is 5.69 Å². The number of rotatable bonds is 4. The van der Waals surface area contributed by atoms with E-state index < -0.39 is 0 Å². The lowest BCUT2D eigenvalue weighted by atomic mass is 10.3. The lowest BCUT2D eigenvalue weighted by molar-refractivity contribution is 0.101. The maximum absolute atomic E-state index is 12.5. The largest absolute Gasteiger partial charge is 0.397 e. The lowest BCUT2D eigenvalue weighted by Gasteiger charge is -2.12. The van der Waals surface area contributed by atoms with E-state index >= 15 is 0 Å². The van der Waals surface area contributed by atoms with Crippen molar-refractivity contribution >= 4 is 65.1 Å². The smallest absolute Gasteiger partial charge is 0.272 e. The molecular formula is C14H14Br3N3O. The second-order valence-corrected chi connectivity index (χ2v) is 7.17. The van der Waals surface area contributed by atoms with Gasteiger partial charge in [-0.15, -0.1) is 0 Å². The van der Waals surface area contributed by atoms with Crippen LogP contribution in [-0.2, 0) is 6.54 Å². The number of hydrogen-bond donors (Lipinski definition) is 2. The van der Waals surface area contributed by atoms with Crippen molar-refractivity contribution in [1.29, 1.82) is 0 Å². The number of nitrogens with one attached hydrogen (secondary N) is 1. The number of nitrogen functional groups attached to an aromatic ring is 1. The van der Waals surface area contributed by atoms with E-state index in [-0.39, 0.29) is 5.91 Å². The fourth-order valence-electron chi connectivity index (χ4n) is 1.99. The van der Waals surface area contributed by atoms with Crippen LogP contribution in [0.4, 0.5) is 11.4 Å². The van der Waals surface area contributed by atoms with Gasteiger partial charge in [-0.3, -0.25) is 4.79 Å². The highest BCUT2D eigenvalue weighted by molar-refractivity contribution is 9.11. The minimum Gasteiger partial charge on any atom is -0.397 e. The Balaban J connectivity index is 2.30. The zero-order valence-electron chi connectivity index (χ0n) is 11.3. The van der Waals surface area contributed by atoms with Gasteiger partial charge in [0, 0.05) is 26.2 Å². The van der Waals surface area contributed by atoms with Gasteiger partial charge in [0.15, 0.2) is 0 Å². The Bertz CT molecular complexity index is 659. The summed E-state index contributed by atoms with van der Waals surface area (Å²) >= 11 is 10.3. The first-order valence-electron chi connectivity index (χ1n) is 6.34. The summed E-state index contributed by atoms with van der Waals surface area (Å²) in [5, 5.41) is 2.90. The predicted octanol–water partition coefficient (Wildman–Crippen LogP) is 5.02. The first-order chi connectivity index (χ1) is 9.92. The van der Waals surface area contributed by atoms with Crippen molar-refractivity contribution in [2.24, 2.45) is 0 Å². The average molecular weight is 480 g/mol. The van der Waals surface area contributed by atoms with Crippen molar-refractivity contribution in [2.45, 2.75) is 19.9 Å². The Labute approximate surface area is 148 Å². The van der Waals surface area contributed by atoms with E-state index in [0.29, 0.717) is 17.1 Å². The number of amides is 1. The summed E-state index contributed by atoms with van der Waals surface area (Å²) in [6.45, 7) is 2.81. The molecule has 0 saturated carbocycles. The normalized spacial score (nSPS) is 10.7. The number of halogens is 3. The topological polar surface area (TPSA) is 60.0 Å². The van der Waals surface area contributed by atoms with E-state index in [9.17, 15) is 4.79 Å². The second-order valence-electron chi connectivity index (χ2n) is 4.55. The van der Waals surface area contributed by atoms with Crippen LogP contribution in [0.3, 0.4) is 0 Å². The van der Waals surface area contributed by atoms with E-state index in [1.807, 2.05) is 16.7 Å². The Kier molecular flexibility index (Phi) is 5.51. The fourth-order valence-corrected chi connectivity index (χ4v) is 4.45. The van der Waals surface area contributed by atoms with Crippen molar-refractivity contribution in [1.82, 2.24) is 4.57 Å². The minimum atomic E-state index is -0.191. The summed E-state index contributed by atoms with van der Waals surface area (Å²) in [6.07, 6.45) is 2.71. The molecule has 1 amide bonds.